The predicted octanol–water partition coefficient (Wildman–Crippen LogP) is -5.67. The Balaban J connectivity index is 0.00000364. The number of hydrogen-bond acceptors (Lipinski definition) is 4. The summed E-state index contributed by atoms with van der Waals surface area (Å²) in [5.41, 5.74) is 2.18. The number of carbonyl (C=O) groups excluding carboxylic acids is 2. The summed E-state index contributed by atoms with van der Waals surface area (Å²) in [6.07, 6.45) is 3.86. The number of halogens is 2. The Labute approximate surface area is 179 Å². The molecule has 0 radical (unpaired) electrons. The van der Waals surface area contributed by atoms with Crippen LogP contribution in [0, 0.1) is 0 Å². The first-order chi connectivity index (χ1) is 12.6. The SMILES string of the molecule is CC(=O)C[n+]1ccccc1CNCCNCc1cccc[n+]1CC(C)=O.[Cl-].[Cl-]. The minimum Gasteiger partial charge on any atom is -1.00 e. The van der Waals surface area contributed by atoms with Crippen LogP contribution in [0.15, 0.2) is 48.8 Å². The Morgan fingerprint density at radius 1 is 0.750 bits per heavy atom. The largest absolute Gasteiger partial charge is 1.00 e. The Bertz CT molecular complexity index is 693. The molecule has 0 unspecified atom stereocenters. The van der Waals surface area contributed by atoms with E-state index in [1.54, 1.807) is 13.8 Å². The van der Waals surface area contributed by atoms with Crippen molar-refractivity contribution < 1.29 is 43.5 Å². The molecule has 2 heterocycles. The molecule has 2 aromatic heterocycles. The van der Waals surface area contributed by atoms with Gasteiger partial charge in [0.25, 0.3) is 0 Å². The highest BCUT2D eigenvalue weighted by atomic mass is 35.5. The number of nitrogens with one attached hydrogen (secondary N) is 2. The smallest absolute Gasteiger partial charge is 0.206 e. The molecule has 6 nitrogen and oxygen atoms in total. The molecule has 0 aliphatic heterocycles. The predicted molar refractivity (Wildman–Crippen MR) is 98.0 cm³/mol. The minimum absolute atomic E-state index is 0. The number of ketones is 2. The van der Waals surface area contributed by atoms with E-state index >= 15 is 0 Å². The highest BCUT2D eigenvalue weighted by Gasteiger charge is 2.12. The Hall–Kier alpha value is -1.86. The van der Waals surface area contributed by atoms with Crippen molar-refractivity contribution in [2.75, 3.05) is 13.1 Å². The van der Waals surface area contributed by atoms with Crippen molar-refractivity contribution in [1.82, 2.24) is 10.6 Å². The summed E-state index contributed by atoms with van der Waals surface area (Å²) in [7, 11) is 0. The second kappa shape index (κ2) is 14.2. The van der Waals surface area contributed by atoms with Gasteiger partial charge in [0.1, 0.15) is 0 Å². The van der Waals surface area contributed by atoms with Gasteiger partial charge in [-0.15, -0.1) is 0 Å². The number of carbonyl (C=O) groups is 2. The van der Waals surface area contributed by atoms with E-state index in [1.165, 1.54) is 0 Å². The molecule has 0 bridgehead atoms. The molecule has 2 N–H and O–H groups in total. The van der Waals surface area contributed by atoms with Crippen molar-refractivity contribution in [3.05, 3.63) is 60.2 Å². The van der Waals surface area contributed by atoms with Crippen LogP contribution in [-0.4, -0.2) is 24.7 Å². The fourth-order valence-electron chi connectivity index (χ4n) is 2.74. The van der Waals surface area contributed by atoms with Crippen LogP contribution in [-0.2, 0) is 35.8 Å². The molecule has 0 saturated carbocycles. The lowest BCUT2D eigenvalue weighted by Gasteiger charge is -2.07. The van der Waals surface area contributed by atoms with Crippen molar-refractivity contribution in [1.29, 1.82) is 0 Å². The fourth-order valence-corrected chi connectivity index (χ4v) is 2.74. The molecular weight excluding hydrogens is 399 g/mol. The molecule has 0 spiro atoms. The van der Waals surface area contributed by atoms with E-state index in [1.807, 2.05) is 57.9 Å². The molecular formula is C20H28Cl2N4O2. The van der Waals surface area contributed by atoms with E-state index < -0.39 is 0 Å². The van der Waals surface area contributed by atoms with Crippen LogP contribution in [0.3, 0.4) is 0 Å². The first-order valence-corrected chi connectivity index (χ1v) is 8.91. The highest BCUT2D eigenvalue weighted by molar-refractivity contribution is 5.74. The van der Waals surface area contributed by atoms with Crippen LogP contribution in [0.25, 0.3) is 0 Å². The minimum atomic E-state index is 0. The molecule has 0 aliphatic carbocycles. The molecule has 8 heteroatoms. The van der Waals surface area contributed by atoms with E-state index in [4.69, 9.17) is 0 Å². The maximum atomic E-state index is 11.3. The average molecular weight is 427 g/mol. The maximum absolute atomic E-state index is 11.3. The zero-order valence-electron chi connectivity index (χ0n) is 16.3. The quantitative estimate of drug-likeness (QED) is 0.277. The second-order valence-electron chi connectivity index (χ2n) is 6.40. The summed E-state index contributed by atoms with van der Waals surface area (Å²) in [5.74, 6) is 0.289. The van der Waals surface area contributed by atoms with Gasteiger partial charge in [-0.1, -0.05) is 12.1 Å². The molecule has 0 aromatic carbocycles. The van der Waals surface area contributed by atoms with Crippen LogP contribution >= 0.6 is 0 Å². The van der Waals surface area contributed by atoms with Gasteiger partial charge in [0, 0.05) is 51.2 Å². The van der Waals surface area contributed by atoms with Gasteiger partial charge < -0.3 is 35.4 Å². The molecule has 28 heavy (non-hydrogen) atoms. The zero-order chi connectivity index (χ0) is 18.8. The monoisotopic (exact) mass is 426 g/mol. The number of Topliss-reactive ketones (excluding diaryl/α,β-unsaturated/α-hetero) is 2. The molecule has 0 fully saturated rings. The lowest BCUT2D eigenvalue weighted by atomic mass is 10.3. The molecule has 2 aromatic rings. The van der Waals surface area contributed by atoms with Crippen LogP contribution in [0.4, 0.5) is 0 Å². The third-order valence-corrected chi connectivity index (χ3v) is 3.95. The molecule has 0 amide bonds. The number of rotatable bonds is 11. The topological polar surface area (TPSA) is 66.0 Å². The molecule has 0 atom stereocenters. The Morgan fingerprint density at radius 2 is 1.14 bits per heavy atom. The van der Waals surface area contributed by atoms with E-state index in [0.29, 0.717) is 26.2 Å². The van der Waals surface area contributed by atoms with Gasteiger partial charge >= 0.3 is 0 Å². The molecule has 2 rings (SSSR count). The maximum Gasteiger partial charge on any atom is 0.206 e. The number of pyridine rings is 2. The van der Waals surface area contributed by atoms with Crippen LogP contribution in [0.2, 0.25) is 0 Å². The summed E-state index contributed by atoms with van der Waals surface area (Å²) in [6, 6.07) is 11.9. The fraction of sp³-hybridized carbons (Fsp3) is 0.400. The van der Waals surface area contributed by atoms with Gasteiger partial charge in [0.2, 0.25) is 13.1 Å². The van der Waals surface area contributed by atoms with Crippen LogP contribution in [0.1, 0.15) is 25.2 Å². The first-order valence-electron chi connectivity index (χ1n) is 8.91. The zero-order valence-corrected chi connectivity index (χ0v) is 17.8. The van der Waals surface area contributed by atoms with Gasteiger partial charge in [0.15, 0.2) is 35.3 Å². The van der Waals surface area contributed by atoms with Crippen molar-refractivity contribution >= 4 is 11.6 Å². The molecule has 154 valence electrons. The number of hydrogen-bond donors (Lipinski definition) is 2. The second-order valence-corrected chi connectivity index (χ2v) is 6.40. The van der Waals surface area contributed by atoms with Crippen molar-refractivity contribution in [3.8, 4) is 0 Å². The van der Waals surface area contributed by atoms with Gasteiger partial charge in [-0.3, -0.25) is 9.59 Å². The van der Waals surface area contributed by atoms with E-state index in [2.05, 4.69) is 10.6 Å². The van der Waals surface area contributed by atoms with Crippen molar-refractivity contribution in [2.45, 2.75) is 40.0 Å². The normalized spacial score (nSPS) is 9.93. The van der Waals surface area contributed by atoms with E-state index in [0.717, 1.165) is 24.5 Å². The summed E-state index contributed by atoms with van der Waals surface area (Å²) >= 11 is 0. The third-order valence-electron chi connectivity index (χ3n) is 3.95. The number of aromatic nitrogens is 2. The Morgan fingerprint density at radius 3 is 1.50 bits per heavy atom. The van der Waals surface area contributed by atoms with Crippen molar-refractivity contribution in [3.63, 3.8) is 0 Å². The van der Waals surface area contributed by atoms with Gasteiger partial charge in [-0.25, -0.2) is 0 Å². The molecule has 0 aliphatic rings. The van der Waals surface area contributed by atoms with Crippen LogP contribution < -0.4 is 44.6 Å². The highest BCUT2D eigenvalue weighted by Crippen LogP contribution is 1.93. The van der Waals surface area contributed by atoms with E-state index in [9.17, 15) is 9.59 Å². The summed E-state index contributed by atoms with van der Waals surface area (Å²) in [4.78, 5) is 22.7. The first kappa shape index (κ1) is 26.1. The summed E-state index contributed by atoms with van der Waals surface area (Å²) in [5, 5.41) is 6.79. The van der Waals surface area contributed by atoms with Crippen molar-refractivity contribution in [2.24, 2.45) is 0 Å². The van der Waals surface area contributed by atoms with Gasteiger partial charge in [-0.05, 0) is 0 Å². The standard InChI is InChI=1S/C20H28N4O2.2ClH/c1-17(25)15-23-11-5-3-7-19(23)13-21-9-10-22-14-20-8-4-6-12-24(20)16-18(2)26;;/h3-8,11-12,21-22H,9-10,13-16H2,1-2H3;2*1H/q+2;;/p-2. The summed E-state index contributed by atoms with van der Waals surface area (Å²) < 4.78 is 3.94. The van der Waals surface area contributed by atoms with E-state index in [-0.39, 0.29) is 36.4 Å². The Kier molecular flexibility index (Phi) is 13.2. The van der Waals surface area contributed by atoms with Gasteiger partial charge in [0.05, 0.1) is 13.1 Å². The number of nitrogens with zero attached hydrogens (tertiary/aromatic N) is 2. The molecule has 0 saturated heterocycles. The summed E-state index contributed by atoms with van der Waals surface area (Å²) in [6.45, 7) is 7.06. The van der Waals surface area contributed by atoms with Gasteiger partial charge in [-0.2, -0.15) is 9.13 Å². The third kappa shape index (κ3) is 9.37. The van der Waals surface area contributed by atoms with Crippen LogP contribution in [0.5, 0.6) is 0 Å². The average Bonchev–Trinajstić information content (AvgIpc) is 2.59. The lowest BCUT2D eigenvalue weighted by Crippen LogP contribution is -3.00. The lowest BCUT2D eigenvalue weighted by molar-refractivity contribution is -0.692.